The monoisotopic (exact) mass is 284 g/mol. The number of nitrogens with two attached hydrogens (primary N) is 2. The molecule has 2 nitrogen and oxygen atoms in total. The molecule has 0 aromatic heterocycles. The van der Waals surface area contributed by atoms with E-state index >= 15 is 0 Å². The molecule has 0 amide bonds. The maximum atomic E-state index is 6.09. The molecule has 4 N–H and O–H groups in total. The van der Waals surface area contributed by atoms with Crippen LogP contribution in [0.5, 0.6) is 0 Å². The maximum absolute atomic E-state index is 6.09. The highest BCUT2D eigenvalue weighted by Gasteiger charge is 2.06. The van der Waals surface area contributed by atoms with Crippen LogP contribution in [0.1, 0.15) is 0 Å². The van der Waals surface area contributed by atoms with Crippen molar-refractivity contribution in [2.24, 2.45) is 0 Å². The fourth-order valence-corrected chi connectivity index (χ4v) is 2.75. The first kappa shape index (κ1) is 12.4. The van der Waals surface area contributed by atoms with E-state index in [0.717, 1.165) is 9.79 Å². The highest BCUT2D eigenvalue weighted by atomic mass is 35.5. The molecule has 0 aliphatic rings. The van der Waals surface area contributed by atoms with Gasteiger partial charge < -0.3 is 11.5 Å². The largest absolute Gasteiger partial charge is 0.399 e. The minimum Gasteiger partial charge on any atom is -0.399 e. The molecule has 0 unspecified atom stereocenters. The van der Waals surface area contributed by atoms with Crippen LogP contribution in [0.25, 0.3) is 0 Å². The van der Waals surface area contributed by atoms with Crippen molar-refractivity contribution in [1.29, 1.82) is 0 Å². The zero-order valence-corrected chi connectivity index (χ0v) is 11.1. The predicted octanol–water partition coefficient (Wildman–Crippen LogP) is 4.31. The normalized spacial score (nSPS) is 10.5. The minimum atomic E-state index is 0.614. The molecule has 17 heavy (non-hydrogen) atoms. The van der Waals surface area contributed by atoms with Gasteiger partial charge in [0.05, 0.1) is 10.0 Å². The Labute approximate surface area is 114 Å². The molecule has 5 heteroatoms. The Morgan fingerprint density at radius 3 is 1.53 bits per heavy atom. The zero-order valence-electron chi connectivity index (χ0n) is 8.78. The fraction of sp³-hybridized carbons (Fsp3) is 0. The average Bonchev–Trinajstić information content (AvgIpc) is 2.25. The Balaban J connectivity index is 2.31. The molecule has 0 aliphatic carbocycles. The van der Waals surface area contributed by atoms with E-state index in [1.165, 1.54) is 11.8 Å². The second kappa shape index (κ2) is 5.08. The lowest BCUT2D eigenvalue weighted by Crippen LogP contribution is -1.86. The van der Waals surface area contributed by atoms with Crippen molar-refractivity contribution in [2.45, 2.75) is 9.79 Å². The SMILES string of the molecule is Nc1ccc(Sc2ccc(N)cc2Cl)c(Cl)c1. The smallest absolute Gasteiger partial charge is 0.0565 e. The lowest BCUT2D eigenvalue weighted by molar-refractivity contribution is 1.41. The van der Waals surface area contributed by atoms with E-state index in [0.29, 0.717) is 21.4 Å². The van der Waals surface area contributed by atoms with Gasteiger partial charge in [0, 0.05) is 21.2 Å². The Kier molecular flexibility index (Phi) is 3.72. The molecule has 0 saturated heterocycles. The summed E-state index contributed by atoms with van der Waals surface area (Å²) in [4.78, 5) is 1.82. The second-order valence-corrected chi connectivity index (χ2v) is 5.38. The molecule has 2 aromatic rings. The van der Waals surface area contributed by atoms with Crippen LogP contribution in [0.15, 0.2) is 46.2 Å². The summed E-state index contributed by atoms with van der Waals surface area (Å²) in [5.41, 5.74) is 12.6. The summed E-state index contributed by atoms with van der Waals surface area (Å²) < 4.78 is 0. The van der Waals surface area contributed by atoms with Crippen molar-refractivity contribution in [3.63, 3.8) is 0 Å². The van der Waals surface area contributed by atoms with E-state index in [2.05, 4.69) is 0 Å². The predicted molar refractivity (Wildman–Crippen MR) is 75.9 cm³/mol. The van der Waals surface area contributed by atoms with Crippen molar-refractivity contribution >= 4 is 46.3 Å². The first-order valence-corrected chi connectivity index (χ1v) is 6.41. The number of hydrogen-bond acceptors (Lipinski definition) is 3. The van der Waals surface area contributed by atoms with Gasteiger partial charge in [-0.3, -0.25) is 0 Å². The Morgan fingerprint density at radius 2 is 1.18 bits per heavy atom. The van der Waals surface area contributed by atoms with Crippen LogP contribution in [-0.4, -0.2) is 0 Å². The van der Waals surface area contributed by atoms with E-state index < -0.39 is 0 Å². The van der Waals surface area contributed by atoms with E-state index in [9.17, 15) is 0 Å². The number of anilines is 2. The van der Waals surface area contributed by atoms with Gasteiger partial charge in [-0.1, -0.05) is 35.0 Å². The van der Waals surface area contributed by atoms with E-state index in [1.54, 1.807) is 24.3 Å². The van der Waals surface area contributed by atoms with Crippen LogP contribution in [-0.2, 0) is 0 Å². The summed E-state index contributed by atoms with van der Waals surface area (Å²) in [6.45, 7) is 0. The van der Waals surface area contributed by atoms with Gasteiger partial charge in [-0.15, -0.1) is 0 Å². The van der Waals surface area contributed by atoms with Crippen LogP contribution in [0.2, 0.25) is 10.0 Å². The third-order valence-electron chi connectivity index (χ3n) is 2.13. The average molecular weight is 285 g/mol. The summed E-state index contributed by atoms with van der Waals surface area (Å²) >= 11 is 13.7. The van der Waals surface area contributed by atoms with Gasteiger partial charge in [-0.05, 0) is 36.4 Å². The van der Waals surface area contributed by atoms with Crippen LogP contribution in [0.3, 0.4) is 0 Å². The van der Waals surface area contributed by atoms with Gasteiger partial charge in [0.2, 0.25) is 0 Å². The highest BCUT2D eigenvalue weighted by Crippen LogP contribution is 2.38. The van der Waals surface area contributed by atoms with Gasteiger partial charge in [-0.2, -0.15) is 0 Å². The summed E-state index contributed by atoms with van der Waals surface area (Å²) in [6.07, 6.45) is 0. The third-order valence-corrected chi connectivity index (χ3v) is 4.13. The molecule has 0 heterocycles. The summed E-state index contributed by atoms with van der Waals surface area (Å²) in [6, 6.07) is 10.8. The zero-order chi connectivity index (χ0) is 12.4. The first-order chi connectivity index (χ1) is 8.06. The van der Waals surface area contributed by atoms with E-state index in [1.807, 2.05) is 12.1 Å². The number of rotatable bonds is 2. The Hall–Kier alpha value is -1.03. The number of benzene rings is 2. The van der Waals surface area contributed by atoms with Gasteiger partial charge in [0.1, 0.15) is 0 Å². The lowest BCUT2D eigenvalue weighted by atomic mass is 10.3. The molecule has 0 saturated carbocycles. The van der Waals surface area contributed by atoms with Crippen LogP contribution < -0.4 is 11.5 Å². The molecule has 2 rings (SSSR count). The number of nitrogen functional groups attached to an aromatic ring is 2. The van der Waals surface area contributed by atoms with Crippen LogP contribution >= 0.6 is 35.0 Å². The first-order valence-electron chi connectivity index (χ1n) is 4.84. The lowest BCUT2D eigenvalue weighted by Gasteiger charge is -2.07. The molecule has 0 aliphatic heterocycles. The number of halogens is 2. The third kappa shape index (κ3) is 3.00. The second-order valence-electron chi connectivity index (χ2n) is 3.48. The summed E-state index contributed by atoms with van der Waals surface area (Å²) in [5, 5.41) is 1.23. The van der Waals surface area contributed by atoms with Gasteiger partial charge in [-0.25, -0.2) is 0 Å². The molecule has 0 bridgehead atoms. The number of hydrogen-bond donors (Lipinski definition) is 2. The van der Waals surface area contributed by atoms with Crippen molar-refractivity contribution in [3.05, 3.63) is 46.4 Å². The van der Waals surface area contributed by atoms with Crippen LogP contribution in [0.4, 0.5) is 11.4 Å². The molecular weight excluding hydrogens is 275 g/mol. The van der Waals surface area contributed by atoms with Crippen molar-refractivity contribution in [3.8, 4) is 0 Å². The van der Waals surface area contributed by atoms with Gasteiger partial charge in [0.15, 0.2) is 0 Å². The van der Waals surface area contributed by atoms with Crippen molar-refractivity contribution in [1.82, 2.24) is 0 Å². The van der Waals surface area contributed by atoms with Crippen molar-refractivity contribution < 1.29 is 0 Å². The minimum absolute atomic E-state index is 0.614. The Morgan fingerprint density at radius 1 is 0.765 bits per heavy atom. The Bertz CT molecular complexity index is 509. The summed E-state index contributed by atoms with van der Waals surface area (Å²) in [5.74, 6) is 0. The topological polar surface area (TPSA) is 52.0 Å². The molecule has 0 fully saturated rings. The highest BCUT2D eigenvalue weighted by molar-refractivity contribution is 7.99. The summed E-state index contributed by atoms with van der Waals surface area (Å²) in [7, 11) is 0. The fourth-order valence-electron chi connectivity index (χ4n) is 1.32. The quantitative estimate of drug-likeness (QED) is 0.808. The van der Waals surface area contributed by atoms with Crippen molar-refractivity contribution in [2.75, 3.05) is 11.5 Å². The maximum Gasteiger partial charge on any atom is 0.0565 e. The van der Waals surface area contributed by atoms with Crippen LogP contribution in [0, 0.1) is 0 Å². The molecule has 88 valence electrons. The van der Waals surface area contributed by atoms with E-state index in [-0.39, 0.29) is 0 Å². The molecular formula is C12H10Cl2N2S. The molecule has 2 aromatic carbocycles. The van der Waals surface area contributed by atoms with Gasteiger partial charge in [0.25, 0.3) is 0 Å². The van der Waals surface area contributed by atoms with E-state index in [4.69, 9.17) is 34.7 Å². The van der Waals surface area contributed by atoms with Gasteiger partial charge >= 0.3 is 0 Å². The molecule has 0 atom stereocenters. The molecule has 0 radical (unpaired) electrons. The standard InChI is InChI=1S/C12H10Cl2N2S/c13-9-5-7(15)1-3-11(9)17-12-4-2-8(16)6-10(12)14/h1-6H,15-16H2. The molecule has 0 spiro atoms.